The molecule has 2 aliphatic rings. The maximum Gasteiger partial charge on any atom is 0.474 e. The van der Waals surface area contributed by atoms with E-state index < -0.39 is 106 Å². The summed E-state index contributed by atoms with van der Waals surface area (Å²) in [5.41, 5.74) is 13.9. The van der Waals surface area contributed by atoms with Gasteiger partial charge in [0.15, 0.2) is 37.0 Å². The van der Waals surface area contributed by atoms with Gasteiger partial charge < -0.3 is 65.6 Å². The van der Waals surface area contributed by atoms with Gasteiger partial charge in [-0.25, -0.2) is 14.2 Å². The number of carboxylic acid groups (broad SMARTS) is 1. The number of amides is 2. The Labute approximate surface area is 301 Å². The van der Waals surface area contributed by atoms with E-state index in [1.807, 2.05) is 20.8 Å². The Morgan fingerprint density at radius 3 is 2.06 bits per heavy atom. The number of aliphatic hydroxyl groups is 4. The van der Waals surface area contributed by atoms with Crippen molar-refractivity contribution in [2.24, 2.45) is 17.4 Å². The third-order valence-corrected chi connectivity index (χ3v) is 9.23. The van der Waals surface area contributed by atoms with E-state index in [0.717, 1.165) is 24.8 Å². The van der Waals surface area contributed by atoms with Gasteiger partial charge in [-0.3, -0.25) is 13.8 Å². The number of carbonyl (C=O) groups excluding carboxylic acids is 2. The summed E-state index contributed by atoms with van der Waals surface area (Å²) in [7, 11) is -5.38. The zero-order chi connectivity index (χ0) is 39.3. The summed E-state index contributed by atoms with van der Waals surface area (Å²) >= 11 is 0. The molecular formula is C32H53N2O17P. The molecule has 2 saturated heterocycles. The van der Waals surface area contributed by atoms with E-state index in [2.05, 4.69) is 19.1 Å². The quantitative estimate of drug-likeness (QED) is 0.0618. The van der Waals surface area contributed by atoms with E-state index in [9.17, 15) is 49.4 Å². The first-order chi connectivity index (χ1) is 24.3. The monoisotopic (exact) mass is 768 g/mol. The van der Waals surface area contributed by atoms with Crippen molar-refractivity contribution in [3.8, 4) is 0 Å². The second-order valence-electron chi connectivity index (χ2n) is 12.9. The maximum atomic E-state index is 13.1. The van der Waals surface area contributed by atoms with Gasteiger partial charge in [0.05, 0.1) is 25.9 Å². The van der Waals surface area contributed by atoms with Crippen molar-refractivity contribution >= 4 is 25.8 Å². The molecule has 12 atom stereocenters. The van der Waals surface area contributed by atoms with Crippen LogP contribution < -0.4 is 11.5 Å². The molecule has 10 N–H and O–H groups in total. The molecule has 2 rings (SSSR count). The van der Waals surface area contributed by atoms with Gasteiger partial charge in [0.1, 0.15) is 18.3 Å². The predicted molar refractivity (Wildman–Crippen MR) is 180 cm³/mol. The third-order valence-electron chi connectivity index (χ3n) is 8.28. The van der Waals surface area contributed by atoms with Crippen molar-refractivity contribution in [2.75, 3.05) is 19.8 Å². The number of ether oxygens (including phenoxy) is 5. The molecule has 2 amide bonds. The van der Waals surface area contributed by atoms with Crippen LogP contribution in [0.15, 0.2) is 34.9 Å². The fourth-order valence-corrected chi connectivity index (χ4v) is 6.06. The Bertz CT molecular complexity index is 1340. The van der Waals surface area contributed by atoms with Crippen molar-refractivity contribution in [3.05, 3.63) is 34.9 Å². The molecule has 0 bridgehead atoms. The average Bonchev–Trinajstić information content (AvgIpc) is 3.04. The summed E-state index contributed by atoms with van der Waals surface area (Å²) in [4.78, 5) is 46.3. The second-order valence-corrected chi connectivity index (χ2v) is 14.3. The highest BCUT2D eigenvalue weighted by Gasteiger charge is 2.55. The summed E-state index contributed by atoms with van der Waals surface area (Å²) in [6.45, 7) is 7.37. The Balaban J connectivity index is 2.16. The van der Waals surface area contributed by atoms with Crippen LogP contribution in [0.1, 0.15) is 60.3 Å². The summed E-state index contributed by atoms with van der Waals surface area (Å²) in [6.07, 6.45) is -10.3. The highest BCUT2D eigenvalue weighted by atomic mass is 31.2. The minimum atomic E-state index is -5.38. The summed E-state index contributed by atoms with van der Waals surface area (Å²) < 4.78 is 49.9. The van der Waals surface area contributed by atoms with E-state index in [1.54, 1.807) is 6.08 Å². The zero-order valence-corrected chi connectivity index (χ0v) is 30.7. The summed E-state index contributed by atoms with van der Waals surface area (Å²) in [6, 6.07) is 0. The summed E-state index contributed by atoms with van der Waals surface area (Å²) in [5.74, 6) is -3.95. The van der Waals surface area contributed by atoms with Crippen LogP contribution in [0.5, 0.6) is 0 Å². The molecule has 19 nitrogen and oxygen atoms in total. The first-order valence-electron chi connectivity index (χ1n) is 16.6. The van der Waals surface area contributed by atoms with Crippen LogP contribution in [-0.4, -0.2) is 130 Å². The van der Waals surface area contributed by atoms with Gasteiger partial charge in [-0.15, -0.1) is 0 Å². The van der Waals surface area contributed by atoms with Crippen molar-refractivity contribution in [3.63, 3.8) is 0 Å². The molecule has 2 aliphatic heterocycles. The average molecular weight is 769 g/mol. The van der Waals surface area contributed by atoms with Crippen LogP contribution >= 0.6 is 7.82 Å². The fourth-order valence-electron chi connectivity index (χ4n) is 5.25. The topological polar surface area (TPSA) is 306 Å². The number of hydrogen-bond donors (Lipinski definition) is 8. The number of allylic oxidation sites excluding steroid dienone is 5. The summed E-state index contributed by atoms with van der Waals surface area (Å²) in [5, 5.41) is 50.7. The van der Waals surface area contributed by atoms with Crippen LogP contribution in [0.25, 0.3) is 0 Å². The number of aliphatic hydroxyl groups excluding tert-OH is 4. The Morgan fingerprint density at radius 2 is 1.50 bits per heavy atom. The molecule has 0 aliphatic carbocycles. The number of primary amides is 2. The van der Waals surface area contributed by atoms with Crippen molar-refractivity contribution in [1.82, 2.24) is 0 Å². The lowest BCUT2D eigenvalue weighted by Gasteiger charge is -2.46. The first kappa shape index (κ1) is 45.4. The number of hydrogen-bond acceptors (Lipinski definition) is 15. The predicted octanol–water partition coefficient (Wildman–Crippen LogP) is 0.504. The van der Waals surface area contributed by atoms with Crippen LogP contribution in [0.3, 0.4) is 0 Å². The molecule has 0 aromatic heterocycles. The number of carboxylic acids is 1. The van der Waals surface area contributed by atoms with Gasteiger partial charge in [0.2, 0.25) is 5.91 Å². The van der Waals surface area contributed by atoms with E-state index in [4.69, 9.17) is 44.2 Å². The lowest BCUT2D eigenvalue weighted by molar-refractivity contribution is -0.345. The lowest BCUT2D eigenvalue weighted by atomic mass is 9.92. The number of phosphoric ester groups is 1. The van der Waals surface area contributed by atoms with Crippen molar-refractivity contribution in [1.29, 1.82) is 0 Å². The lowest BCUT2D eigenvalue weighted by Crippen LogP contribution is -2.65. The van der Waals surface area contributed by atoms with Gasteiger partial charge in [-0.05, 0) is 53.4 Å². The van der Waals surface area contributed by atoms with E-state index in [1.165, 1.54) is 18.1 Å². The van der Waals surface area contributed by atoms with Crippen LogP contribution in [0.2, 0.25) is 0 Å². The highest BCUT2D eigenvalue weighted by Crippen LogP contribution is 2.47. The molecule has 0 aromatic carbocycles. The number of carbonyl (C=O) groups is 3. The Hall–Kier alpha value is -2.78. The van der Waals surface area contributed by atoms with Crippen LogP contribution in [-0.2, 0) is 46.9 Å². The minimum Gasteiger partial charge on any atom is -0.479 e. The standard InChI is InChI=1S/C32H53N2O17P/c1-16(2)8-6-9-17(3)10-7-11-18(4)12-13-45-21(29(40)41)15-46-52(43,44)51-31-27(25(50-32(34)42)24(38)26(48-31)28(33)39)49-30-19(5)22(36)23(37)20(14-35)47-30/h8,10,12,19-27,30-31,35-38H,6-7,9,11,13-15H2,1-5H3,(H2,33,39)(H2,34,42)(H,40,41)(H,43,44)/b17-10+,18-12-/t19?,20?,21-,22+,23-,24+,25-,26?,27?,30-,31-/m0/s1. The number of phosphoric acid groups is 1. The van der Waals surface area contributed by atoms with Gasteiger partial charge >= 0.3 is 19.9 Å². The molecule has 5 unspecified atom stereocenters. The molecule has 52 heavy (non-hydrogen) atoms. The van der Waals surface area contributed by atoms with E-state index >= 15 is 0 Å². The molecule has 2 heterocycles. The molecule has 0 saturated carbocycles. The largest absolute Gasteiger partial charge is 0.479 e. The molecule has 0 aromatic rings. The highest BCUT2D eigenvalue weighted by molar-refractivity contribution is 7.47. The van der Waals surface area contributed by atoms with Crippen LogP contribution in [0, 0.1) is 5.92 Å². The van der Waals surface area contributed by atoms with Crippen LogP contribution in [0.4, 0.5) is 4.79 Å². The first-order valence-corrected chi connectivity index (χ1v) is 18.1. The molecule has 2 fully saturated rings. The second kappa shape index (κ2) is 21.2. The zero-order valence-electron chi connectivity index (χ0n) is 29.8. The third kappa shape index (κ3) is 14.2. The normalized spacial score (nSPS) is 31.7. The SMILES string of the molecule is CC(C)=CCC/C(C)=C/CC/C(C)=C\CO[C@@H](COP(=O)(O)O[C@@H]1OC(C(N)=O)[C@H](O)[C@H](OC(N)=O)C1O[C@@H]1OC(CO)[C@H](O)[C@H](O)C1C)C(=O)O. The van der Waals surface area contributed by atoms with Gasteiger partial charge in [-0.2, -0.15) is 0 Å². The van der Waals surface area contributed by atoms with Gasteiger partial charge in [0.25, 0.3) is 0 Å². The Morgan fingerprint density at radius 1 is 0.885 bits per heavy atom. The number of rotatable bonds is 20. The minimum absolute atomic E-state index is 0.174. The molecule has 0 radical (unpaired) electrons. The molecule has 298 valence electrons. The molecule has 20 heteroatoms. The smallest absolute Gasteiger partial charge is 0.474 e. The Kier molecular flexibility index (Phi) is 18.5. The maximum absolute atomic E-state index is 13.1. The van der Waals surface area contributed by atoms with Gasteiger partial charge in [-0.1, -0.05) is 41.9 Å². The van der Waals surface area contributed by atoms with Crippen molar-refractivity contribution in [2.45, 2.75) is 122 Å². The van der Waals surface area contributed by atoms with Crippen molar-refractivity contribution < 1.29 is 82.1 Å². The number of aliphatic carboxylic acids is 1. The van der Waals surface area contributed by atoms with E-state index in [0.29, 0.717) is 6.42 Å². The molecular weight excluding hydrogens is 715 g/mol. The number of nitrogens with two attached hydrogens (primary N) is 2. The molecule has 0 spiro atoms. The fraction of sp³-hybridized carbons (Fsp3) is 0.719. The van der Waals surface area contributed by atoms with Gasteiger partial charge in [0, 0.05) is 5.92 Å². The van der Waals surface area contributed by atoms with E-state index in [-0.39, 0.29) is 6.61 Å².